The second-order valence-electron chi connectivity index (χ2n) is 0.620. The van der Waals surface area contributed by atoms with Crippen LogP contribution in [0, 0.1) is 0 Å². The molecule has 58 valence electrons. The standard InChI is InChI=1S/CCl4.Cl3P/c2-1(3,4)5;1-4(2)3. The van der Waals surface area contributed by atoms with Crippen molar-refractivity contribution in [1.82, 2.24) is 0 Å². The van der Waals surface area contributed by atoms with E-state index in [1.54, 1.807) is 0 Å². The number of alkyl halides is 4. The van der Waals surface area contributed by atoms with E-state index in [9.17, 15) is 0 Å². The van der Waals surface area contributed by atoms with Gasteiger partial charge in [-0.05, 0) is 0 Å². The van der Waals surface area contributed by atoms with Crippen LogP contribution in [-0.4, -0.2) is 3.25 Å². The Morgan fingerprint density at radius 2 is 0.778 bits per heavy atom. The Labute approximate surface area is 88.7 Å². The molecule has 0 spiro atoms. The third-order valence-electron chi connectivity index (χ3n) is 0. The van der Waals surface area contributed by atoms with Gasteiger partial charge >= 0.3 is 0 Å². The van der Waals surface area contributed by atoms with Crippen LogP contribution < -0.4 is 0 Å². The highest BCUT2D eigenvalue weighted by Gasteiger charge is 2.11. The van der Waals surface area contributed by atoms with Gasteiger partial charge in [-0.2, -0.15) is 0 Å². The van der Waals surface area contributed by atoms with E-state index in [1.807, 2.05) is 0 Å². The van der Waals surface area contributed by atoms with Crippen LogP contribution in [-0.2, 0) is 0 Å². The Hall–Kier alpha value is 2.46. The van der Waals surface area contributed by atoms with Crippen molar-refractivity contribution in [1.29, 1.82) is 0 Å². The van der Waals surface area contributed by atoms with Crippen molar-refractivity contribution in [2.24, 2.45) is 0 Å². The van der Waals surface area contributed by atoms with Gasteiger partial charge in [0.25, 0.3) is 3.25 Å². The predicted molar refractivity (Wildman–Crippen MR) is 50.6 cm³/mol. The molecule has 0 rings (SSSR count). The zero-order chi connectivity index (χ0) is 8.08. The molecular formula is CCl7P. The summed E-state index contributed by atoms with van der Waals surface area (Å²) in [6, 6.07) is 0. The van der Waals surface area contributed by atoms with Crippen LogP contribution in [0.5, 0.6) is 0 Å². The van der Waals surface area contributed by atoms with Crippen molar-refractivity contribution in [3.05, 3.63) is 0 Å². The maximum absolute atomic E-state index is 4.87. The molecule has 0 atom stereocenters. The fourth-order valence-electron chi connectivity index (χ4n) is 0. The van der Waals surface area contributed by atoms with Gasteiger partial charge in [0.1, 0.15) is 0 Å². The minimum Gasteiger partial charge on any atom is -0.0664 e. The molecule has 0 nitrogen and oxygen atoms in total. The van der Waals surface area contributed by atoms with Crippen LogP contribution in [0.1, 0.15) is 0 Å². The fraction of sp³-hybridized carbons (Fsp3) is 1.00. The smallest absolute Gasteiger partial charge is 0.0664 e. The van der Waals surface area contributed by atoms with Crippen molar-refractivity contribution in [2.45, 2.75) is 3.25 Å². The summed E-state index contributed by atoms with van der Waals surface area (Å²) in [5, 5.41) is 0. The van der Waals surface area contributed by atoms with Gasteiger partial charge in [0.05, 0.1) is 0 Å². The number of rotatable bonds is 0. The topological polar surface area (TPSA) is 0 Å². The molecule has 0 heterocycles. The van der Waals surface area contributed by atoms with E-state index < -0.39 is 9.23 Å². The van der Waals surface area contributed by atoms with Crippen molar-refractivity contribution in [3.8, 4) is 0 Å². The molecule has 9 heavy (non-hydrogen) atoms. The van der Waals surface area contributed by atoms with Gasteiger partial charge in [-0.25, -0.2) is 0 Å². The summed E-state index contributed by atoms with van der Waals surface area (Å²) in [5.74, 6) is -1.20. The molecule has 0 fully saturated rings. The van der Waals surface area contributed by atoms with E-state index in [-0.39, 0.29) is 0 Å². The van der Waals surface area contributed by atoms with E-state index in [2.05, 4.69) is 0 Å². The zero-order valence-electron chi connectivity index (χ0n) is 3.59. The molecular weight excluding hydrogens is 291 g/mol. The third-order valence-corrected chi connectivity index (χ3v) is 0. The molecule has 0 aliphatic heterocycles. The first-order chi connectivity index (χ1) is 3.73. The largest absolute Gasteiger partial charge is 0.266 e. The minimum atomic E-state index is -1.61. The maximum Gasteiger partial charge on any atom is 0.266 e. The molecule has 0 saturated heterocycles. The van der Waals surface area contributed by atoms with Crippen LogP contribution in [0.2, 0.25) is 0 Å². The van der Waals surface area contributed by atoms with Gasteiger partial charge in [-0.1, -0.05) is 80.1 Å². The third kappa shape index (κ3) is 124. The highest BCUT2D eigenvalue weighted by Crippen LogP contribution is 2.51. The Morgan fingerprint density at radius 3 is 0.778 bits per heavy atom. The highest BCUT2D eigenvalue weighted by molar-refractivity contribution is 8.20. The van der Waals surface area contributed by atoms with Crippen LogP contribution in [0.3, 0.4) is 0 Å². The van der Waals surface area contributed by atoms with Gasteiger partial charge in [-0.15, -0.1) is 0 Å². The number of halogens is 7. The van der Waals surface area contributed by atoms with Crippen LogP contribution in [0.15, 0.2) is 0 Å². The summed E-state index contributed by atoms with van der Waals surface area (Å²) in [6.07, 6.45) is 0. The summed E-state index contributed by atoms with van der Waals surface area (Å²) in [4.78, 5) is 0. The van der Waals surface area contributed by atoms with Gasteiger partial charge in [-0.3, -0.25) is 0 Å². The van der Waals surface area contributed by atoms with Crippen LogP contribution in [0.25, 0.3) is 0 Å². The van der Waals surface area contributed by atoms with Gasteiger partial charge in [0.2, 0.25) is 0 Å². The first-order valence-corrected chi connectivity index (χ1v) is 6.83. The summed E-state index contributed by atoms with van der Waals surface area (Å²) in [7, 11) is 0. The molecule has 0 aromatic carbocycles. The summed E-state index contributed by atoms with van der Waals surface area (Å²) in [5.41, 5.74) is 0. The summed E-state index contributed by atoms with van der Waals surface area (Å²) in [6.45, 7) is 0. The average Bonchev–Trinajstić information content (AvgIpc) is 1.19. The van der Waals surface area contributed by atoms with Crippen LogP contribution in [0.4, 0.5) is 0 Å². The molecule has 0 aliphatic carbocycles. The predicted octanol–water partition coefficient (Wildman–Crippen LogP) is 5.48. The molecule has 0 radical (unpaired) electrons. The van der Waals surface area contributed by atoms with Crippen molar-refractivity contribution >= 4 is 86.1 Å². The Kier molecular flexibility index (Phi) is 11.1. The zero-order valence-corrected chi connectivity index (χ0v) is 9.78. The molecule has 0 aromatic heterocycles. The van der Waals surface area contributed by atoms with Gasteiger partial charge in [0, 0.05) is 0 Å². The lowest BCUT2D eigenvalue weighted by Gasteiger charge is -1.91. The van der Waals surface area contributed by atoms with E-state index >= 15 is 0 Å². The number of hydrogen-bond donors (Lipinski definition) is 0. The van der Waals surface area contributed by atoms with Gasteiger partial charge < -0.3 is 0 Å². The van der Waals surface area contributed by atoms with Crippen molar-refractivity contribution in [3.63, 3.8) is 0 Å². The molecule has 0 unspecified atom stereocenters. The van der Waals surface area contributed by atoms with Gasteiger partial charge in [0.15, 0.2) is 5.98 Å². The molecule has 0 N–H and O–H groups in total. The first kappa shape index (κ1) is 14.0. The lowest BCUT2D eigenvalue weighted by Crippen LogP contribution is -1.81. The fourth-order valence-corrected chi connectivity index (χ4v) is 0. The molecule has 0 saturated carbocycles. The SMILES string of the molecule is ClC(Cl)(Cl)Cl.ClP(Cl)Cl. The normalized spacial score (nSPS) is 10.7. The highest BCUT2D eigenvalue weighted by atomic mass is 36.0. The lowest BCUT2D eigenvalue weighted by atomic mass is 11.8. The Morgan fingerprint density at radius 1 is 0.778 bits per heavy atom. The van der Waals surface area contributed by atoms with E-state index in [4.69, 9.17) is 80.1 Å². The molecule has 0 amide bonds. The van der Waals surface area contributed by atoms with E-state index in [1.165, 1.54) is 0 Å². The lowest BCUT2D eigenvalue weighted by molar-refractivity contribution is 1.76. The van der Waals surface area contributed by atoms with Crippen LogP contribution >= 0.6 is 86.1 Å². The second kappa shape index (κ2) is 7.13. The Bertz CT molecular complexity index is 45.7. The van der Waals surface area contributed by atoms with E-state index in [0.29, 0.717) is 0 Å². The summed E-state index contributed by atoms with van der Waals surface area (Å²) < 4.78 is -1.61. The quantitative estimate of drug-likeness (QED) is 0.409. The molecule has 8 heteroatoms. The summed E-state index contributed by atoms with van der Waals surface area (Å²) >= 11 is 33.9. The molecule has 0 bridgehead atoms. The Balaban J connectivity index is 0. The van der Waals surface area contributed by atoms with Crippen molar-refractivity contribution in [2.75, 3.05) is 0 Å². The second-order valence-corrected chi connectivity index (χ2v) is 9.03. The van der Waals surface area contributed by atoms with Crippen molar-refractivity contribution < 1.29 is 0 Å². The minimum absolute atomic E-state index is 1.20. The molecule has 0 aliphatic rings. The number of hydrogen-bond acceptors (Lipinski definition) is 0. The average molecular weight is 291 g/mol. The first-order valence-electron chi connectivity index (χ1n) is 1.26. The molecule has 0 aromatic rings. The maximum atomic E-state index is 4.87. The van der Waals surface area contributed by atoms with E-state index in [0.717, 1.165) is 0 Å². The monoisotopic (exact) mass is 288 g/mol.